The van der Waals surface area contributed by atoms with Gasteiger partial charge < -0.3 is 14.6 Å². The van der Waals surface area contributed by atoms with Gasteiger partial charge in [0.05, 0.1) is 12.6 Å². The van der Waals surface area contributed by atoms with Crippen LogP contribution in [0.1, 0.15) is 36.1 Å². The van der Waals surface area contributed by atoms with E-state index in [-0.39, 0.29) is 22.6 Å². The van der Waals surface area contributed by atoms with Crippen molar-refractivity contribution >= 4 is 40.7 Å². The average molecular weight is 380 g/mol. The smallest absolute Gasteiger partial charge is 0.294 e. The van der Waals surface area contributed by atoms with Crippen LogP contribution in [0.25, 0.3) is 0 Å². The lowest BCUT2D eigenvalue weighted by molar-refractivity contribution is 0.151. The fraction of sp³-hybridized carbons (Fsp3) is 0.389. The van der Waals surface area contributed by atoms with Crippen molar-refractivity contribution in [1.29, 1.82) is 0 Å². The fourth-order valence-electron chi connectivity index (χ4n) is 2.80. The topological polar surface area (TPSA) is 56.1 Å². The van der Waals surface area contributed by atoms with Crippen LogP contribution in [0.5, 0.6) is 0 Å². The fourth-order valence-corrected chi connectivity index (χ4v) is 3.13. The molecule has 1 unspecified atom stereocenters. The van der Waals surface area contributed by atoms with E-state index in [9.17, 15) is 4.79 Å². The van der Waals surface area contributed by atoms with Gasteiger partial charge in [-0.05, 0) is 49.1 Å². The van der Waals surface area contributed by atoms with Crippen molar-refractivity contribution in [3.05, 3.63) is 50.5 Å². The number of hydrogen-bond acceptors (Lipinski definition) is 5. The third-order valence-corrected chi connectivity index (χ3v) is 4.51. The molecule has 0 bridgehead atoms. The van der Waals surface area contributed by atoms with Gasteiger partial charge in [-0.1, -0.05) is 30.7 Å². The van der Waals surface area contributed by atoms with Gasteiger partial charge in [0.25, 0.3) is 5.56 Å². The number of anilines is 2. The molecule has 0 aliphatic carbocycles. The average Bonchev–Trinajstić information content (AvgIpc) is 2.58. The van der Waals surface area contributed by atoms with E-state index in [1.807, 2.05) is 32.9 Å². The number of nitrogens with zero attached hydrogens (tertiary/aromatic N) is 2. The van der Waals surface area contributed by atoms with Crippen molar-refractivity contribution in [2.24, 2.45) is 0 Å². The molecular formula is C18H22ClN3O2S. The Morgan fingerprint density at radius 2 is 2.04 bits per heavy atom. The number of ether oxygens (including phenoxy) is 1. The number of nitrogens with one attached hydrogen (secondary N) is 1. The highest BCUT2D eigenvalue weighted by atomic mass is 35.5. The molecule has 0 amide bonds. The summed E-state index contributed by atoms with van der Waals surface area (Å²) >= 11 is 11.1. The standard InChI is InChI=1S/C18H22ClN3O2S/c1-5-14(9-24-4)22-8-15(19)20-17(18(22)23)21-16-11(2)6-13(10-25)7-12(16)3/h6-8,10,14H,5,9H2,1-4H3,(H,20,21). The summed E-state index contributed by atoms with van der Waals surface area (Å²) in [6, 6.07) is 3.83. The summed E-state index contributed by atoms with van der Waals surface area (Å²) in [6.45, 7) is 6.34. The van der Waals surface area contributed by atoms with E-state index in [0.29, 0.717) is 6.61 Å². The van der Waals surface area contributed by atoms with Crippen LogP contribution >= 0.6 is 23.8 Å². The maximum atomic E-state index is 12.8. The number of methoxy groups -OCH3 is 1. The van der Waals surface area contributed by atoms with Gasteiger partial charge >= 0.3 is 0 Å². The minimum atomic E-state index is -0.231. The second-order valence-corrected chi connectivity index (χ2v) is 6.54. The van der Waals surface area contributed by atoms with Crippen molar-refractivity contribution in [2.45, 2.75) is 33.2 Å². The summed E-state index contributed by atoms with van der Waals surface area (Å²) in [7, 11) is 1.61. The Balaban J connectivity index is 2.49. The Morgan fingerprint density at radius 1 is 1.40 bits per heavy atom. The Labute approximate surface area is 158 Å². The number of aromatic nitrogens is 2. The van der Waals surface area contributed by atoms with E-state index in [4.69, 9.17) is 28.6 Å². The number of hydrogen-bond donors (Lipinski definition) is 1. The molecule has 1 N–H and O–H groups in total. The number of thiocarbonyl (C=S) groups is 1. The summed E-state index contributed by atoms with van der Waals surface area (Å²) in [5.74, 6) is 0.198. The molecule has 25 heavy (non-hydrogen) atoms. The van der Waals surface area contributed by atoms with Gasteiger partial charge in [-0.3, -0.25) is 4.79 Å². The van der Waals surface area contributed by atoms with Crippen molar-refractivity contribution in [1.82, 2.24) is 9.55 Å². The number of benzene rings is 1. The maximum Gasteiger partial charge on any atom is 0.294 e. The van der Waals surface area contributed by atoms with Crippen LogP contribution < -0.4 is 10.9 Å². The van der Waals surface area contributed by atoms with E-state index in [1.165, 1.54) is 0 Å². The lowest BCUT2D eigenvalue weighted by atomic mass is 10.1. The monoisotopic (exact) mass is 379 g/mol. The Kier molecular flexibility index (Phi) is 6.70. The van der Waals surface area contributed by atoms with E-state index in [1.54, 1.807) is 23.2 Å². The zero-order valence-electron chi connectivity index (χ0n) is 14.8. The van der Waals surface area contributed by atoms with Crippen molar-refractivity contribution < 1.29 is 4.74 Å². The molecular weight excluding hydrogens is 358 g/mol. The summed E-state index contributed by atoms with van der Waals surface area (Å²) < 4.78 is 6.79. The minimum absolute atomic E-state index is 0.0991. The SMILES string of the molecule is CCC(COC)n1cc(Cl)nc(Nc2c(C)cc(C=S)cc2C)c1=O. The zero-order valence-corrected chi connectivity index (χ0v) is 16.4. The van der Waals surface area contributed by atoms with Gasteiger partial charge in [-0.15, -0.1) is 0 Å². The molecule has 1 aromatic heterocycles. The summed E-state index contributed by atoms with van der Waals surface area (Å²) in [5.41, 5.74) is 3.52. The number of halogens is 1. The van der Waals surface area contributed by atoms with E-state index < -0.39 is 0 Å². The van der Waals surface area contributed by atoms with Crippen LogP contribution in [0.3, 0.4) is 0 Å². The Morgan fingerprint density at radius 3 is 2.56 bits per heavy atom. The third kappa shape index (κ3) is 4.45. The van der Waals surface area contributed by atoms with Crippen molar-refractivity contribution in [3.8, 4) is 0 Å². The predicted molar refractivity (Wildman–Crippen MR) is 107 cm³/mol. The molecule has 0 aliphatic rings. The molecule has 0 radical (unpaired) electrons. The van der Waals surface area contributed by atoms with Gasteiger partial charge in [0.2, 0.25) is 0 Å². The normalized spacial score (nSPS) is 12.0. The third-order valence-electron chi connectivity index (χ3n) is 4.06. The molecule has 5 nitrogen and oxygen atoms in total. The van der Waals surface area contributed by atoms with Gasteiger partial charge in [-0.25, -0.2) is 4.98 Å². The molecule has 1 heterocycles. The van der Waals surface area contributed by atoms with E-state index in [0.717, 1.165) is 28.8 Å². The number of aryl methyl sites for hydroxylation is 2. The highest BCUT2D eigenvalue weighted by Crippen LogP contribution is 2.25. The lowest BCUT2D eigenvalue weighted by Crippen LogP contribution is -2.29. The second kappa shape index (κ2) is 8.56. The number of rotatable bonds is 7. The maximum absolute atomic E-state index is 12.8. The van der Waals surface area contributed by atoms with Crippen LogP contribution in [0.2, 0.25) is 5.15 Å². The van der Waals surface area contributed by atoms with Gasteiger partial charge in [0.1, 0.15) is 5.15 Å². The molecule has 1 atom stereocenters. The Hall–Kier alpha value is -1.76. The first kappa shape index (κ1) is 19.6. The van der Waals surface area contributed by atoms with Crippen LogP contribution in [0, 0.1) is 13.8 Å². The lowest BCUT2D eigenvalue weighted by Gasteiger charge is -2.19. The molecule has 2 rings (SSSR count). The van der Waals surface area contributed by atoms with E-state index in [2.05, 4.69) is 10.3 Å². The van der Waals surface area contributed by atoms with Gasteiger partial charge in [0.15, 0.2) is 5.82 Å². The van der Waals surface area contributed by atoms with Crippen LogP contribution in [0.15, 0.2) is 23.1 Å². The van der Waals surface area contributed by atoms with Gasteiger partial charge in [0, 0.05) is 24.4 Å². The largest absolute Gasteiger partial charge is 0.383 e. The predicted octanol–water partition coefficient (Wildman–Crippen LogP) is 4.20. The first-order valence-corrected chi connectivity index (χ1v) is 8.87. The molecule has 0 spiro atoms. The molecule has 0 saturated carbocycles. The molecule has 7 heteroatoms. The summed E-state index contributed by atoms with van der Waals surface area (Å²) in [4.78, 5) is 17.0. The molecule has 2 aromatic rings. The quantitative estimate of drug-likeness (QED) is 0.730. The second-order valence-electron chi connectivity index (χ2n) is 5.91. The van der Waals surface area contributed by atoms with Crippen molar-refractivity contribution in [2.75, 3.05) is 19.0 Å². The minimum Gasteiger partial charge on any atom is -0.383 e. The zero-order chi connectivity index (χ0) is 18.6. The van der Waals surface area contributed by atoms with Gasteiger partial charge in [-0.2, -0.15) is 0 Å². The molecule has 0 aliphatic heterocycles. The Bertz CT molecular complexity index is 813. The highest BCUT2D eigenvalue weighted by Gasteiger charge is 2.16. The molecule has 134 valence electrons. The molecule has 1 aromatic carbocycles. The van der Waals surface area contributed by atoms with Crippen LogP contribution in [0.4, 0.5) is 11.5 Å². The first-order chi connectivity index (χ1) is 11.9. The van der Waals surface area contributed by atoms with E-state index >= 15 is 0 Å². The van der Waals surface area contributed by atoms with Crippen molar-refractivity contribution in [3.63, 3.8) is 0 Å². The molecule has 0 fully saturated rings. The van der Waals surface area contributed by atoms with Crippen LogP contribution in [-0.4, -0.2) is 28.6 Å². The summed E-state index contributed by atoms with van der Waals surface area (Å²) in [6.07, 6.45) is 2.30. The van der Waals surface area contributed by atoms with Crippen LogP contribution in [-0.2, 0) is 4.74 Å². The molecule has 0 saturated heterocycles. The first-order valence-electron chi connectivity index (χ1n) is 8.02. The summed E-state index contributed by atoms with van der Waals surface area (Å²) in [5, 5.41) is 5.03. The highest BCUT2D eigenvalue weighted by molar-refractivity contribution is 7.79.